The van der Waals surface area contributed by atoms with Crippen LogP contribution in [0.3, 0.4) is 0 Å². The average molecular weight is 491 g/mol. The molecular weight excluding hydrogens is 471 g/mol. The molecular formula is C23H20Pt. The molecule has 0 bridgehead atoms. The second kappa shape index (κ2) is 18.9. The second-order valence-electron chi connectivity index (χ2n) is 4.24. The van der Waals surface area contributed by atoms with E-state index in [4.69, 9.17) is 0 Å². The zero-order valence-corrected chi connectivity index (χ0v) is 15.7. The van der Waals surface area contributed by atoms with Crippen molar-refractivity contribution in [1.29, 1.82) is 0 Å². The number of hydrogen-bond donors (Lipinski definition) is 0. The third-order valence-electron chi connectivity index (χ3n) is 2.41. The van der Waals surface area contributed by atoms with Crippen LogP contribution in [0.15, 0.2) is 109 Å². The van der Waals surface area contributed by atoms with Gasteiger partial charge in [-0.2, -0.15) is 115 Å². The van der Waals surface area contributed by atoms with Crippen LogP contribution in [0, 0.1) is 24.3 Å². The van der Waals surface area contributed by atoms with Gasteiger partial charge < -0.3 is 0 Å². The molecule has 0 atom stereocenters. The van der Waals surface area contributed by atoms with Crippen LogP contribution in [0.1, 0.15) is 6.42 Å². The summed E-state index contributed by atoms with van der Waals surface area (Å²) in [4.78, 5) is 0. The minimum atomic E-state index is 0. The van der Waals surface area contributed by atoms with E-state index in [1.54, 1.807) is 0 Å². The van der Waals surface area contributed by atoms with E-state index < -0.39 is 0 Å². The molecule has 0 amide bonds. The SMILES string of the molecule is [C-]1=CC=CC1.[Pt+4].[c-]1ccccc1.[c-]1ccccc1.[c-]1ccccc1. The Morgan fingerprint density at radius 2 is 0.875 bits per heavy atom. The second-order valence-corrected chi connectivity index (χ2v) is 4.24. The molecule has 4 rings (SSSR count). The first-order valence-electron chi connectivity index (χ1n) is 7.45. The van der Waals surface area contributed by atoms with E-state index in [9.17, 15) is 0 Å². The summed E-state index contributed by atoms with van der Waals surface area (Å²) in [7, 11) is 0. The summed E-state index contributed by atoms with van der Waals surface area (Å²) in [5.41, 5.74) is 0. The summed E-state index contributed by atoms with van der Waals surface area (Å²) in [6.07, 6.45) is 10.0. The molecule has 1 heteroatoms. The first-order valence-corrected chi connectivity index (χ1v) is 7.45. The van der Waals surface area contributed by atoms with Gasteiger partial charge in [0.05, 0.1) is 0 Å². The first-order chi connectivity index (χ1) is 11.5. The van der Waals surface area contributed by atoms with Crippen molar-refractivity contribution < 1.29 is 21.1 Å². The van der Waals surface area contributed by atoms with Crippen molar-refractivity contribution in [1.82, 2.24) is 0 Å². The molecule has 0 aliphatic heterocycles. The Morgan fingerprint density at radius 1 is 0.500 bits per heavy atom. The van der Waals surface area contributed by atoms with Crippen molar-refractivity contribution in [3.8, 4) is 0 Å². The largest absolute Gasteiger partial charge is 4.00 e. The fourth-order valence-corrected chi connectivity index (χ4v) is 1.37. The van der Waals surface area contributed by atoms with Crippen LogP contribution in [-0.2, 0) is 21.1 Å². The maximum absolute atomic E-state index is 2.99. The van der Waals surface area contributed by atoms with Gasteiger partial charge in [0, 0.05) is 0 Å². The molecule has 0 radical (unpaired) electrons. The van der Waals surface area contributed by atoms with Gasteiger partial charge in [0.1, 0.15) is 0 Å². The molecule has 0 saturated carbocycles. The van der Waals surface area contributed by atoms with Crippen LogP contribution < -0.4 is 0 Å². The molecule has 0 aromatic heterocycles. The molecule has 0 saturated heterocycles. The van der Waals surface area contributed by atoms with Gasteiger partial charge in [0.2, 0.25) is 0 Å². The summed E-state index contributed by atoms with van der Waals surface area (Å²) < 4.78 is 0. The summed E-state index contributed by atoms with van der Waals surface area (Å²) in [5, 5.41) is 0. The maximum atomic E-state index is 2.99. The van der Waals surface area contributed by atoms with Gasteiger partial charge in [-0.3, -0.25) is 6.08 Å². The Kier molecular flexibility index (Phi) is 17.2. The van der Waals surface area contributed by atoms with Gasteiger partial charge in [-0.15, -0.1) is 6.42 Å². The van der Waals surface area contributed by atoms with Crippen molar-refractivity contribution in [2.24, 2.45) is 0 Å². The van der Waals surface area contributed by atoms with Gasteiger partial charge in [-0.05, 0) is 0 Å². The zero-order valence-electron chi connectivity index (χ0n) is 13.4. The third-order valence-corrected chi connectivity index (χ3v) is 2.41. The molecule has 1 aliphatic carbocycles. The molecule has 122 valence electrons. The van der Waals surface area contributed by atoms with E-state index in [0.717, 1.165) is 6.42 Å². The molecule has 3 aromatic rings. The molecule has 1 aliphatic rings. The number of allylic oxidation sites excluding steroid dienone is 4. The van der Waals surface area contributed by atoms with Crippen LogP contribution in [0.4, 0.5) is 0 Å². The van der Waals surface area contributed by atoms with Crippen molar-refractivity contribution in [2.75, 3.05) is 0 Å². The van der Waals surface area contributed by atoms with Gasteiger partial charge in [0.25, 0.3) is 0 Å². The fourth-order valence-electron chi connectivity index (χ4n) is 1.37. The Labute approximate surface area is 160 Å². The molecule has 0 unspecified atom stereocenters. The number of benzene rings is 3. The summed E-state index contributed by atoms with van der Waals surface area (Å²) in [6.45, 7) is 0. The Balaban J connectivity index is 0.000000291. The van der Waals surface area contributed by atoms with E-state index in [-0.39, 0.29) is 21.1 Å². The van der Waals surface area contributed by atoms with Crippen molar-refractivity contribution >= 4 is 0 Å². The summed E-state index contributed by atoms with van der Waals surface area (Å²) in [6, 6.07) is 37.5. The molecule has 0 heterocycles. The maximum Gasteiger partial charge on any atom is 4.00 e. The molecule has 0 fully saturated rings. The predicted molar refractivity (Wildman–Crippen MR) is 97.4 cm³/mol. The van der Waals surface area contributed by atoms with E-state index in [1.807, 2.05) is 103 Å². The average Bonchev–Trinajstić information content (AvgIpc) is 3.27. The van der Waals surface area contributed by atoms with Gasteiger partial charge in [-0.1, -0.05) is 0 Å². The van der Waals surface area contributed by atoms with Crippen molar-refractivity contribution in [2.45, 2.75) is 6.42 Å². The van der Waals surface area contributed by atoms with Crippen LogP contribution in [-0.4, -0.2) is 0 Å². The quantitative estimate of drug-likeness (QED) is 0.351. The van der Waals surface area contributed by atoms with E-state index in [1.165, 1.54) is 0 Å². The minimum absolute atomic E-state index is 0. The molecule has 0 spiro atoms. The van der Waals surface area contributed by atoms with Crippen LogP contribution in [0.5, 0.6) is 0 Å². The Morgan fingerprint density at radius 3 is 0.958 bits per heavy atom. The standard InChI is InChI=1S/3C6H5.C5H5.Pt/c3*1-2-4-6-5-3-1;1-2-4-5-3-1;/h3*1-5H;1-3H,4H2;/q4*-1;+4. The van der Waals surface area contributed by atoms with E-state index >= 15 is 0 Å². The fraction of sp³-hybridized carbons (Fsp3) is 0.0435. The normalized spacial score (nSPS) is 9.67. The summed E-state index contributed by atoms with van der Waals surface area (Å²) >= 11 is 0. The Hall–Kier alpha value is -2.17. The molecule has 24 heavy (non-hydrogen) atoms. The van der Waals surface area contributed by atoms with Gasteiger partial charge in [0.15, 0.2) is 0 Å². The summed E-state index contributed by atoms with van der Waals surface area (Å²) in [5.74, 6) is 0. The molecule has 0 nitrogen and oxygen atoms in total. The molecule has 0 N–H and O–H groups in total. The van der Waals surface area contributed by atoms with Gasteiger partial charge >= 0.3 is 21.1 Å². The topological polar surface area (TPSA) is 0 Å². The zero-order chi connectivity index (χ0) is 16.3. The monoisotopic (exact) mass is 491 g/mol. The van der Waals surface area contributed by atoms with Crippen molar-refractivity contribution in [3.63, 3.8) is 0 Å². The number of hydrogen-bond acceptors (Lipinski definition) is 0. The first kappa shape index (κ1) is 21.8. The van der Waals surface area contributed by atoms with Gasteiger partial charge in [-0.25, -0.2) is 12.2 Å². The molecule has 3 aromatic carbocycles. The minimum Gasteiger partial charge on any atom is -0.273 e. The van der Waals surface area contributed by atoms with E-state index in [2.05, 4.69) is 30.4 Å². The van der Waals surface area contributed by atoms with E-state index in [0.29, 0.717) is 0 Å². The van der Waals surface area contributed by atoms with Crippen LogP contribution >= 0.6 is 0 Å². The Bertz CT molecular complexity index is 436. The van der Waals surface area contributed by atoms with Crippen LogP contribution in [0.25, 0.3) is 0 Å². The van der Waals surface area contributed by atoms with Crippen LogP contribution in [0.2, 0.25) is 0 Å². The smallest absolute Gasteiger partial charge is 0.273 e. The third kappa shape index (κ3) is 16.2. The number of rotatable bonds is 0. The predicted octanol–water partition coefficient (Wildman–Crippen LogP) is 5.76. The van der Waals surface area contributed by atoms with Crippen molar-refractivity contribution in [3.05, 3.63) is 133 Å².